The average Bonchev–Trinajstić information content (AvgIpc) is 3.20. The van der Waals surface area contributed by atoms with Crippen LogP contribution in [-0.2, 0) is 14.8 Å². The average molecular weight is 542 g/mol. The molecule has 2 saturated carbocycles. The largest absolute Gasteiger partial charge is 0.440 e. The van der Waals surface area contributed by atoms with Gasteiger partial charge in [0.15, 0.2) is 11.5 Å². The number of nitrogens with zero attached hydrogens (tertiary/aromatic N) is 2. The number of carbonyl (C=O) groups is 1. The molecule has 1 aliphatic heterocycles. The second kappa shape index (κ2) is 9.10. The molecule has 3 aliphatic rings. The predicted molar refractivity (Wildman–Crippen MR) is 142 cm³/mol. The van der Waals surface area contributed by atoms with Crippen molar-refractivity contribution in [2.75, 3.05) is 6.54 Å². The normalized spacial score (nSPS) is 30.1. The van der Waals surface area contributed by atoms with E-state index in [1.165, 1.54) is 6.92 Å². The van der Waals surface area contributed by atoms with E-state index in [2.05, 4.69) is 10.3 Å². The fourth-order valence-electron chi connectivity index (χ4n) is 6.88. The molecule has 2 aliphatic carbocycles. The molecule has 1 spiro atoms. The number of halogens is 1. The van der Waals surface area contributed by atoms with E-state index in [9.17, 15) is 13.2 Å². The highest BCUT2D eigenvalue weighted by Crippen LogP contribution is 2.65. The van der Waals surface area contributed by atoms with Crippen molar-refractivity contribution in [1.82, 2.24) is 14.6 Å². The van der Waals surface area contributed by atoms with Gasteiger partial charge >= 0.3 is 0 Å². The van der Waals surface area contributed by atoms with Crippen molar-refractivity contribution in [2.45, 2.75) is 75.3 Å². The van der Waals surface area contributed by atoms with E-state index in [1.54, 1.807) is 16.4 Å². The zero-order chi connectivity index (χ0) is 25.9. The van der Waals surface area contributed by atoms with Crippen LogP contribution in [0.3, 0.4) is 0 Å². The van der Waals surface area contributed by atoms with Gasteiger partial charge in [0.1, 0.15) is 5.52 Å². The SMILES string of the molecule is CC(=O)NC1CCN(S(=O)(=O)c2ccc(C)cc2)C(C2CC3(CC(c4nc5cc(Cl)ccc5o4)C3)C2)C1. The molecule has 7 nitrogen and oxygen atoms in total. The minimum Gasteiger partial charge on any atom is -0.440 e. The van der Waals surface area contributed by atoms with E-state index in [0.29, 0.717) is 29.3 Å². The summed E-state index contributed by atoms with van der Waals surface area (Å²) in [7, 11) is -3.61. The second-order valence-electron chi connectivity index (χ2n) is 11.4. The number of benzene rings is 2. The van der Waals surface area contributed by atoms with Crippen LogP contribution in [0, 0.1) is 18.3 Å². The highest BCUT2D eigenvalue weighted by molar-refractivity contribution is 7.89. The van der Waals surface area contributed by atoms with Crippen LogP contribution in [0.4, 0.5) is 0 Å². The summed E-state index contributed by atoms with van der Waals surface area (Å²) in [6, 6.07) is 12.5. The van der Waals surface area contributed by atoms with E-state index in [4.69, 9.17) is 16.0 Å². The lowest BCUT2D eigenvalue weighted by Gasteiger charge is -2.60. The molecule has 6 rings (SSSR count). The van der Waals surface area contributed by atoms with Gasteiger partial charge in [-0.1, -0.05) is 29.3 Å². The molecule has 37 heavy (non-hydrogen) atoms. The van der Waals surface area contributed by atoms with Crippen LogP contribution in [0.5, 0.6) is 0 Å². The summed E-state index contributed by atoms with van der Waals surface area (Å²) in [4.78, 5) is 16.8. The van der Waals surface area contributed by atoms with Gasteiger partial charge in [-0.15, -0.1) is 0 Å². The molecule has 3 aromatic rings. The van der Waals surface area contributed by atoms with Crippen molar-refractivity contribution in [2.24, 2.45) is 11.3 Å². The van der Waals surface area contributed by atoms with Gasteiger partial charge in [-0.2, -0.15) is 4.31 Å². The van der Waals surface area contributed by atoms with E-state index >= 15 is 0 Å². The molecule has 1 amide bonds. The number of rotatable bonds is 5. The van der Waals surface area contributed by atoms with Crippen LogP contribution < -0.4 is 5.32 Å². The Labute approximate surface area is 222 Å². The van der Waals surface area contributed by atoms with Crippen molar-refractivity contribution in [3.63, 3.8) is 0 Å². The molecule has 3 fully saturated rings. The minimum absolute atomic E-state index is 0.00392. The summed E-state index contributed by atoms with van der Waals surface area (Å²) < 4.78 is 35.1. The third-order valence-electron chi connectivity index (χ3n) is 8.64. The summed E-state index contributed by atoms with van der Waals surface area (Å²) in [6.45, 7) is 3.90. The van der Waals surface area contributed by atoms with Crippen molar-refractivity contribution in [1.29, 1.82) is 0 Å². The Hall–Kier alpha value is -2.42. The molecule has 1 saturated heterocycles. The minimum atomic E-state index is -3.61. The first-order valence-corrected chi connectivity index (χ1v) is 14.9. The van der Waals surface area contributed by atoms with Crippen LogP contribution in [0.2, 0.25) is 5.02 Å². The number of hydrogen-bond acceptors (Lipinski definition) is 5. The lowest BCUT2D eigenvalue weighted by molar-refractivity contribution is -0.120. The van der Waals surface area contributed by atoms with Crippen molar-refractivity contribution < 1.29 is 17.6 Å². The summed E-state index contributed by atoms with van der Waals surface area (Å²) in [6.07, 6.45) is 5.29. The smallest absolute Gasteiger partial charge is 0.243 e. The van der Waals surface area contributed by atoms with Crippen molar-refractivity contribution in [3.8, 4) is 0 Å². The molecule has 2 heterocycles. The molecule has 0 radical (unpaired) electrons. The molecule has 0 bridgehead atoms. The highest BCUT2D eigenvalue weighted by Gasteiger charge is 2.57. The lowest BCUT2D eigenvalue weighted by atomic mass is 9.46. The Morgan fingerprint density at radius 2 is 1.86 bits per heavy atom. The van der Waals surface area contributed by atoms with Gasteiger partial charge in [0, 0.05) is 36.5 Å². The van der Waals surface area contributed by atoms with Gasteiger partial charge in [-0.25, -0.2) is 13.4 Å². The lowest BCUT2D eigenvalue weighted by Crippen LogP contribution is -2.59. The number of aryl methyl sites for hydroxylation is 1. The van der Waals surface area contributed by atoms with Crippen molar-refractivity contribution in [3.05, 3.63) is 58.9 Å². The predicted octanol–water partition coefficient (Wildman–Crippen LogP) is 5.42. The van der Waals surface area contributed by atoms with E-state index in [0.717, 1.165) is 48.2 Å². The monoisotopic (exact) mass is 541 g/mol. The Morgan fingerprint density at radius 3 is 2.57 bits per heavy atom. The highest BCUT2D eigenvalue weighted by atomic mass is 35.5. The first-order chi connectivity index (χ1) is 17.6. The number of aromatic nitrogens is 1. The Balaban J connectivity index is 1.17. The molecule has 2 unspecified atom stereocenters. The number of oxazole rings is 1. The van der Waals surface area contributed by atoms with Crippen LogP contribution in [-0.4, -0.2) is 42.2 Å². The van der Waals surface area contributed by atoms with Crippen LogP contribution in [0.25, 0.3) is 11.1 Å². The fourth-order valence-corrected chi connectivity index (χ4v) is 8.75. The van der Waals surface area contributed by atoms with Gasteiger partial charge in [-0.3, -0.25) is 4.79 Å². The molecular weight excluding hydrogens is 510 g/mol. The third-order valence-corrected chi connectivity index (χ3v) is 10.8. The molecule has 1 N–H and O–H groups in total. The van der Waals surface area contributed by atoms with Crippen LogP contribution in [0.1, 0.15) is 62.8 Å². The number of sulfonamides is 1. The Bertz CT molecular complexity index is 1440. The number of piperidine rings is 1. The Kier molecular flexibility index (Phi) is 6.12. The summed E-state index contributed by atoms with van der Waals surface area (Å²) in [5.41, 5.74) is 2.81. The molecule has 196 valence electrons. The molecule has 9 heteroatoms. The zero-order valence-electron chi connectivity index (χ0n) is 21.1. The topological polar surface area (TPSA) is 92.5 Å². The maximum Gasteiger partial charge on any atom is 0.243 e. The number of carbonyl (C=O) groups excluding carboxylic acids is 1. The number of fused-ring (bicyclic) bond motifs is 1. The van der Waals surface area contributed by atoms with E-state index in [1.807, 2.05) is 37.3 Å². The fraction of sp³-hybridized carbons (Fsp3) is 0.500. The van der Waals surface area contributed by atoms with Gasteiger partial charge in [0.25, 0.3) is 0 Å². The maximum atomic E-state index is 13.7. The summed E-state index contributed by atoms with van der Waals surface area (Å²) in [5, 5.41) is 3.69. The summed E-state index contributed by atoms with van der Waals surface area (Å²) >= 11 is 6.10. The third kappa shape index (κ3) is 4.57. The maximum absolute atomic E-state index is 13.7. The summed E-state index contributed by atoms with van der Waals surface area (Å²) in [5.74, 6) is 1.28. The standard InChI is InChI=1S/C28H32ClN3O4S/c1-17-3-6-23(7-4-17)37(34,35)32-10-9-22(30-18(2)33)12-25(32)19-13-28(14-19)15-20(16-28)27-31-24-11-21(29)5-8-26(24)36-27/h3-8,11,19-20,22,25H,9-10,12-16H2,1-2H3,(H,30,33). The van der Waals surface area contributed by atoms with Gasteiger partial charge in [0.2, 0.25) is 15.9 Å². The zero-order valence-corrected chi connectivity index (χ0v) is 22.7. The van der Waals surface area contributed by atoms with Crippen LogP contribution in [0.15, 0.2) is 51.8 Å². The molecule has 2 aromatic carbocycles. The molecule has 2 atom stereocenters. The van der Waals surface area contributed by atoms with Gasteiger partial charge in [0.05, 0.1) is 4.90 Å². The number of amides is 1. The van der Waals surface area contributed by atoms with E-state index in [-0.39, 0.29) is 35.2 Å². The number of nitrogens with one attached hydrogen (secondary N) is 1. The number of hydrogen-bond donors (Lipinski definition) is 1. The molecule has 1 aromatic heterocycles. The molecular formula is C28H32ClN3O4S. The second-order valence-corrected chi connectivity index (χ2v) is 13.7. The van der Waals surface area contributed by atoms with Crippen molar-refractivity contribution >= 4 is 38.6 Å². The first kappa shape index (κ1) is 24.9. The Morgan fingerprint density at radius 1 is 1.14 bits per heavy atom. The van der Waals surface area contributed by atoms with E-state index < -0.39 is 10.0 Å². The van der Waals surface area contributed by atoms with Crippen LogP contribution >= 0.6 is 11.6 Å². The first-order valence-electron chi connectivity index (χ1n) is 13.0. The quantitative estimate of drug-likeness (QED) is 0.465. The van der Waals surface area contributed by atoms with Gasteiger partial charge in [-0.05, 0) is 87.1 Å². The van der Waals surface area contributed by atoms with Gasteiger partial charge < -0.3 is 9.73 Å².